The molecule has 2 heterocycles. The minimum atomic E-state index is 0.00543. The minimum absolute atomic E-state index is 0.00543. The van der Waals surface area contributed by atoms with E-state index in [2.05, 4.69) is 29.4 Å². The van der Waals surface area contributed by atoms with Crippen molar-refractivity contribution in [3.8, 4) is 0 Å². The Morgan fingerprint density at radius 1 is 1.44 bits per heavy atom. The van der Waals surface area contributed by atoms with Gasteiger partial charge in [0.1, 0.15) is 0 Å². The smallest absolute Gasteiger partial charge is 0.224 e. The van der Waals surface area contributed by atoms with Crippen molar-refractivity contribution < 1.29 is 9.53 Å². The van der Waals surface area contributed by atoms with Gasteiger partial charge in [-0.25, -0.2) is 0 Å². The van der Waals surface area contributed by atoms with E-state index in [0.717, 1.165) is 45.8 Å². The Labute approximate surface area is 109 Å². The summed E-state index contributed by atoms with van der Waals surface area (Å²) < 4.78 is 5.36. The number of morpholine rings is 1. The molecule has 2 aliphatic rings. The first-order valence-corrected chi connectivity index (χ1v) is 6.91. The number of ether oxygens (including phenoxy) is 1. The number of hydrogen-bond donors (Lipinski definition) is 2. The van der Waals surface area contributed by atoms with Crippen molar-refractivity contribution >= 4 is 5.91 Å². The van der Waals surface area contributed by atoms with E-state index in [0.29, 0.717) is 6.54 Å². The van der Waals surface area contributed by atoms with Crippen LogP contribution >= 0.6 is 0 Å². The molecule has 104 valence electrons. The van der Waals surface area contributed by atoms with Gasteiger partial charge in [0.25, 0.3) is 0 Å². The third-order valence-electron chi connectivity index (χ3n) is 3.99. The third-order valence-corrected chi connectivity index (χ3v) is 3.99. The Morgan fingerprint density at radius 3 is 2.78 bits per heavy atom. The first-order chi connectivity index (χ1) is 8.59. The van der Waals surface area contributed by atoms with Gasteiger partial charge in [-0.3, -0.25) is 9.69 Å². The standard InChI is InChI=1S/C13H25N3O2/c1-13(2,16-5-7-18-8-6-16)10-15-12(17)11-3-4-14-9-11/h11,14H,3-10H2,1-2H3,(H,15,17). The summed E-state index contributed by atoms with van der Waals surface area (Å²) in [4.78, 5) is 14.4. The highest BCUT2D eigenvalue weighted by molar-refractivity contribution is 5.79. The fourth-order valence-electron chi connectivity index (χ4n) is 2.61. The van der Waals surface area contributed by atoms with Crippen molar-refractivity contribution in [2.45, 2.75) is 25.8 Å². The first kappa shape index (κ1) is 13.8. The summed E-state index contributed by atoms with van der Waals surface area (Å²) in [6.45, 7) is 10.4. The van der Waals surface area contributed by atoms with Crippen molar-refractivity contribution in [2.24, 2.45) is 5.92 Å². The Hall–Kier alpha value is -0.650. The number of hydrogen-bond acceptors (Lipinski definition) is 4. The minimum Gasteiger partial charge on any atom is -0.379 e. The van der Waals surface area contributed by atoms with Gasteiger partial charge < -0.3 is 15.4 Å². The van der Waals surface area contributed by atoms with Crippen LogP contribution in [0.4, 0.5) is 0 Å². The van der Waals surface area contributed by atoms with Crippen LogP contribution in [0.3, 0.4) is 0 Å². The lowest BCUT2D eigenvalue weighted by Gasteiger charge is -2.41. The Balaban J connectivity index is 1.78. The second-order valence-electron chi connectivity index (χ2n) is 5.82. The van der Waals surface area contributed by atoms with Gasteiger partial charge in [-0.1, -0.05) is 0 Å². The summed E-state index contributed by atoms with van der Waals surface area (Å²) in [5.74, 6) is 0.354. The second-order valence-corrected chi connectivity index (χ2v) is 5.82. The quantitative estimate of drug-likeness (QED) is 0.732. The zero-order valence-electron chi connectivity index (χ0n) is 11.5. The summed E-state index contributed by atoms with van der Waals surface area (Å²) in [5.41, 5.74) is 0.00543. The van der Waals surface area contributed by atoms with E-state index in [1.165, 1.54) is 0 Å². The molecule has 1 amide bonds. The summed E-state index contributed by atoms with van der Waals surface area (Å²) in [7, 11) is 0. The number of nitrogens with zero attached hydrogens (tertiary/aromatic N) is 1. The van der Waals surface area contributed by atoms with Crippen molar-refractivity contribution in [2.75, 3.05) is 45.9 Å². The molecule has 0 spiro atoms. The molecule has 2 rings (SSSR count). The maximum absolute atomic E-state index is 12.0. The van der Waals surface area contributed by atoms with E-state index in [4.69, 9.17) is 4.74 Å². The van der Waals surface area contributed by atoms with Gasteiger partial charge in [0.05, 0.1) is 19.1 Å². The Kier molecular flexibility index (Phi) is 4.59. The molecule has 1 atom stereocenters. The lowest BCUT2D eigenvalue weighted by Crippen LogP contribution is -2.55. The molecule has 0 aliphatic carbocycles. The third kappa shape index (κ3) is 3.43. The number of nitrogens with one attached hydrogen (secondary N) is 2. The van der Waals surface area contributed by atoms with Gasteiger partial charge in [-0.05, 0) is 26.8 Å². The molecule has 5 nitrogen and oxygen atoms in total. The summed E-state index contributed by atoms with van der Waals surface area (Å²) in [6.07, 6.45) is 0.962. The van der Waals surface area contributed by atoms with Gasteiger partial charge in [-0.15, -0.1) is 0 Å². The fraction of sp³-hybridized carbons (Fsp3) is 0.923. The lowest BCUT2D eigenvalue weighted by atomic mass is 10.0. The first-order valence-electron chi connectivity index (χ1n) is 6.91. The second kappa shape index (κ2) is 5.99. The van der Waals surface area contributed by atoms with Gasteiger partial charge in [0.2, 0.25) is 5.91 Å². The molecular formula is C13H25N3O2. The van der Waals surface area contributed by atoms with Crippen LogP contribution in [0.2, 0.25) is 0 Å². The van der Waals surface area contributed by atoms with Crippen molar-refractivity contribution in [1.82, 2.24) is 15.5 Å². The monoisotopic (exact) mass is 255 g/mol. The normalized spacial score (nSPS) is 26.2. The average molecular weight is 255 g/mol. The molecule has 2 N–H and O–H groups in total. The molecule has 18 heavy (non-hydrogen) atoms. The molecule has 2 fully saturated rings. The number of carbonyl (C=O) groups is 1. The van der Waals surface area contributed by atoms with Crippen LogP contribution in [0.5, 0.6) is 0 Å². The van der Waals surface area contributed by atoms with Gasteiger partial charge >= 0.3 is 0 Å². The van der Waals surface area contributed by atoms with Crippen LogP contribution in [0.25, 0.3) is 0 Å². The highest BCUT2D eigenvalue weighted by Crippen LogP contribution is 2.16. The zero-order valence-corrected chi connectivity index (χ0v) is 11.5. The predicted octanol–water partition coefficient (Wildman–Crippen LogP) is -0.177. The van der Waals surface area contributed by atoms with Crippen LogP contribution < -0.4 is 10.6 Å². The van der Waals surface area contributed by atoms with E-state index in [9.17, 15) is 4.79 Å². The highest BCUT2D eigenvalue weighted by Gasteiger charge is 2.30. The largest absolute Gasteiger partial charge is 0.379 e. The number of carbonyl (C=O) groups excluding carboxylic acids is 1. The molecule has 0 aromatic rings. The topological polar surface area (TPSA) is 53.6 Å². The van der Waals surface area contributed by atoms with Gasteiger partial charge in [0, 0.05) is 31.7 Å². The van der Waals surface area contributed by atoms with Crippen molar-refractivity contribution in [3.05, 3.63) is 0 Å². The molecular weight excluding hydrogens is 230 g/mol. The van der Waals surface area contributed by atoms with E-state index < -0.39 is 0 Å². The molecule has 0 radical (unpaired) electrons. The number of amides is 1. The molecule has 0 saturated carbocycles. The molecule has 2 aliphatic heterocycles. The average Bonchev–Trinajstić information content (AvgIpc) is 2.91. The van der Waals surface area contributed by atoms with E-state index in [1.807, 2.05) is 0 Å². The lowest BCUT2D eigenvalue weighted by molar-refractivity contribution is -0.125. The van der Waals surface area contributed by atoms with E-state index in [-0.39, 0.29) is 17.4 Å². The van der Waals surface area contributed by atoms with Crippen LogP contribution in [0, 0.1) is 5.92 Å². The van der Waals surface area contributed by atoms with E-state index in [1.54, 1.807) is 0 Å². The Bertz CT molecular complexity index is 282. The molecule has 1 unspecified atom stereocenters. The SMILES string of the molecule is CC(C)(CNC(=O)C1CCNC1)N1CCOCC1. The van der Waals surface area contributed by atoms with Gasteiger partial charge in [-0.2, -0.15) is 0 Å². The molecule has 5 heteroatoms. The van der Waals surface area contributed by atoms with Gasteiger partial charge in [0.15, 0.2) is 0 Å². The number of rotatable bonds is 4. The molecule has 0 aromatic carbocycles. The molecule has 2 saturated heterocycles. The summed E-state index contributed by atoms with van der Waals surface area (Å²) in [6, 6.07) is 0. The molecule has 0 bridgehead atoms. The molecule has 0 aromatic heterocycles. The summed E-state index contributed by atoms with van der Waals surface area (Å²) in [5, 5.41) is 6.33. The van der Waals surface area contributed by atoms with Crippen LogP contribution in [-0.4, -0.2) is 62.3 Å². The van der Waals surface area contributed by atoms with E-state index >= 15 is 0 Å². The maximum Gasteiger partial charge on any atom is 0.224 e. The zero-order chi connectivity index (χ0) is 13.0. The Morgan fingerprint density at radius 2 is 2.17 bits per heavy atom. The fourth-order valence-corrected chi connectivity index (χ4v) is 2.61. The highest BCUT2D eigenvalue weighted by atomic mass is 16.5. The maximum atomic E-state index is 12.0. The van der Waals surface area contributed by atoms with Crippen molar-refractivity contribution in [3.63, 3.8) is 0 Å². The van der Waals surface area contributed by atoms with Crippen LogP contribution in [-0.2, 0) is 9.53 Å². The summed E-state index contributed by atoms with van der Waals surface area (Å²) >= 11 is 0. The van der Waals surface area contributed by atoms with Crippen molar-refractivity contribution in [1.29, 1.82) is 0 Å². The predicted molar refractivity (Wildman–Crippen MR) is 70.5 cm³/mol. The van der Waals surface area contributed by atoms with Crippen LogP contribution in [0.15, 0.2) is 0 Å². The van der Waals surface area contributed by atoms with Crippen LogP contribution in [0.1, 0.15) is 20.3 Å².